The average Bonchev–Trinajstić information content (AvgIpc) is 1.30. The van der Waals surface area contributed by atoms with Crippen LogP contribution < -0.4 is 4.74 Å². The first-order valence-corrected chi connectivity index (χ1v) is 32.0. The molecule has 0 fully saturated rings. The minimum atomic E-state index is -5.40. The highest BCUT2D eigenvalue weighted by Crippen LogP contribution is 2.44. The molecule has 85 heavy (non-hydrogen) atoms. The monoisotopic (exact) mass is 1330 g/mol. The largest absolute Gasteiger partial charge is 0.505 e. The lowest BCUT2D eigenvalue weighted by molar-refractivity contribution is -0.191. The van der Waals surface area contributed by atoms with Crippen LogP contribution in [-0.2, 0) is 81.4 Å². The lowest BCUT2D eigenvalue weighted by atomic mass is 10.1. The Morgan fingerprint density at radius 1 is 0.588 bits per heavy atom. The minimum absolute atomic E-state index is 0.0348. The second-order valence-electron chi connectivity index (χ2n) is 16.2. The summed E-state index contributed by atoms with van der Waals surface area (Å²) in [5, 5.41) is 49.2. The van der Waals surface area contributed by atoms with Crippen LogP contribution in [0.25, 0.3) is 37.4 Å². The standard InChI is InChI=1S/C41H33N9O18S6.CO2.2O3S/c1-20-5-3-6-34-37(20)43-41(69-34)49-46-30-18-33(68-11-4-12-70(53,54)55)31(13-21(30)2)47-44-28-9-8-25-24(38(28)51)7-10-29(39(25)74(65,66)67)45-48-32-19-42-50(40(32)52)22-14-26-27(35(15-22)72(59,60)61)16-23(71(56,57)58)17-36(26)73(62,63)64;2-1-3;2*1-4(2)3/h3,5-10,13-19,51-52H,4,11-12H2,1-2H3,(H,53,54,55)(H,56,57,58)(H,59,60,61)(H,62,63,64)(H,65,66,67);;;. The molecule has 0 atom stereocenters. The van der Waals surface area contributed by atoms with Gasteiger partial charge in [-0.05, 0) is 86.0 Å². The fraction of sp³-hybridized carbons (Fsp3) is 0.119. The maximum atomic E-state index is 12.9. The topological polar surface area (TPSA) is 563 Å². The molecule has 6 aromatic carbocycles. The molecule has 0 aliphatic rings. The summed E-state index contributed by atoms with van der Waals surface area (Å²) < 4.78 is 229. The highest BCUT2D eigenvalue weighted by molar-refractivity contribution is 7.87. The van der Waals surface area contributed by atoms with Crippen LogP contribution in [0.15, 0.2) is 135 Å². The van der Waals surface area contributed by atoms with Gasteiger partial charge in [-0.2, -0.15) is 61.5 Å². The smallest absolute Gasteiger partial charge is 0.425 e. The fourth-order valence-corrected chi connectivity index (χ4v) is 11.5. The molecule has 2 heterocycles. The third kappa shape index (κ3) is 17.7. The van der Waals surface area contributed by atoms with E-state index < -0.39 is 137 Å². The third-order valence-electron chi connectivity index (χ3n) is 10.6. The van der Waals surface area contributed by atoms with E-state index >= 15 is 0 Å². The van der Waals surface area contributed by atoms with Gasteiger partial charge in [-0.15, -0.1) is 55.9 Å². The van der Waals surface area contributed by atoms with Gasteiger partial charge in [0.1, 0.15) is 37.5 Å². The Morgan fingerprint density at radius 3 is 1.71 bits per heavy atom. The van der Waals surface area contributed by atoms with Crippen LogP contribution in [0.4, 0.5) is 33.6 Å². The summed E-state index contributed by atoms with van der Waals surface area (Å²) in [6.07, 6.45) is 0.929. The molecular weight excluding hydrogens is 1300 g/mol. The maximum Gasteiger partial charge on any atom is 0.425 e. The zero-order valence-electron chi connectivity index (χ0n) is 41.9. The van der Waals surface area contributed by atoms with Gasteiger partial charge < -0.3 is 14.9 Å². The van der Waals surface area contributed by atoms with Crippen molar-refractivity contribution >= 4 is 155 Å². The highest BCUT2D eigenvalue weighted by atomic mass is 32.2. The fourth-order valence-electron chi connectivity index (χ4n) is 7.23. The van der Waals surface area contributed by atoms with Crippen LogP contribution in [0.1, 0.15) is 17.5 Å². The summed E-state index contributed by atoms with van der Waals surface area (Å²) >= 11 is 1.31. The Morgan fingerprint density at radius 2 is 1.13 bits per heavy atom. The van der Waals surface area contributed by atoms with E-state index in [2.05, 4.69) is 40.8 Å². The zero-order valence-corrected chi connectivity index (χ0v) is 48.4. The molecule has 0 aliphatic carbocycles. The number of rotatable bonds is 16. The molecule has 0 aliphatic heterocycles. The van der Waals surface area contributed by atoms with Crippen molar-refractivity contribution in [1.82, 2.24) is 14.8 Å². The second-order valence-corrected chi connectivity index (χ2v) is 25.1. The molecule has 0 spiro atoms. The number of aryl methyl sites for hydroxylation is 2. The number of aromatic hydroxyl groups is 2. The molecule has 0 unspecified atom stereocenters. The number of benzene rings is 6. The van der Waals surface area contributed by atoms with Gasteiger partial charge in [0.15, 0.2) is 11.4 Å². The molecule has 0 radical (unpaired) electrons. The number of para-hydroxylation sites is 1. The maximum absolute atomic E-state index is 12.9. The van der Waals surface area contributed by atoms with Crippen molar-refractivity contribution in [1.29, 1.82) is 0 Å². The summed E-state index contributed by atoms with van der Waals surface area (Å²) in [4.78, 5) is 16.3. The zero-order chi connectivity index (χ0) is 63.7. The van der Waals surface area contributed by atoms with Crippen molar-refractivity contribution in [3.05, 3.63) is 96.2 Å². The van der Waals surface area contributed by atoms with E-state index in [0.29, 0.717) is 39.3 Å². The van der Waals surface area contributed by atoms with Crippen LogP contribution in [0.2, 0.25) is 0 Å². The minimum Gasteiger partial charge on any atom is -0.505 e. The SMILES string of the molecule is Cc1cc(N=Nc2ccc3c(S(=O)(=O)O)c(N=Nc4cnn(-c5cc(S(=O)(=O)O)c6cc(S(=O)(=O)O)cc(S(=O)(=O)O)c6c5)c4O)ccc3c2O)c(OCCCS(=O)(=O)O)cc1N=Nc1nc2c(C)cccc2s1.O=C=O.O=S(=O)=O.O=S(=O)=O. The number of ether oxygens (including phenoxy) is 1. The van der Waals surface area contributed by atoms with Crippen LogP contribution in [0.5, 0.6) is 17.4 Å². The van der Waals surface area contributed by atoms with E-state index in [-0.39, 0.29) is 47.1 Å². The average molecular weight is 1340 g/mol. The number of fused-ring (bicyclic) bond motifs is 3. The first-order chi connectivity index (χ1) is 39.4. The number of thiazole rings is 1. The Hall–Kier alpha value is -8.69. The predicted molar refractivity (Wildman–Crippen MR) is 287 cm³/mol. The van der Waals surface area contributed by atoms with Crippen molar-refractivity contribution in [3.63, 3.8) is 0 Å². The first kappa shape index (κ1) is 67.1. The van der Waals surface area contributed by atoms with Gasteiger partial charge in [-0.3, -0.25) is 22.8 Å². The molecule has 450 valence electrons. The summed E-state index contributed by atoms with van der Waals surface area (Å²) in [6.45, 7) is 3.37. The number of aromatic nitrogens is 3. The second kappa shape index (κ2) is 26.9. The van der Waals surface area contributed by atoms with Crippen LogP contribution >= 0.6 is 11.3 Å². The molecule has 8 aromatic rings. The summed E-state index contributed by atoms with van der Waals surface area (Å²) in [6, 6.07) is 15.3. The summed E-state index contributed by atoms with van der Waals surface area (Å²) in [7, 11) is -31.8. The molecule has 43 heteroatoms. The Kier molecular flexibility index (Phi) is 21.2. The van der Waals surface area contributed by atoms with Gasteiger partial charge in [0, 0.05) is 27.6 Å². The molecule has 35 nitrogen and oxygen atoms in total. The van der Waals surface area contributed by atoms with Crippen molar-refractivity contribution in [2.24, 2.45) is 30.7 Å². The van der Waals surface area contributed by atoms with Crippen molar-refractivity contribution in [3.8, 4) is 23.1 Å². The number of azo groups is 3. The van der Waals surface area contributed by atoms with Crippen molar-refractivity contribution < 1.29 is 115 Å². The summed E-state index contributed by atoms with van der Waals surface area (Å²) in [5.41, 5.74) is 0.660. The van der Waals surface area contributed by atoms with E-state index in [1.165, 1.54) is 29.5 Å². The van der Waals surface area contributed by atoms with Crippen LogP contribution in [0.3, 0.4) is 0 Å². The lowest BCUT2D eigenvalue weighted by Crippen LogP contribution is -2.08. The number of nitrogens with zero attached hydrogens (tertiary/aromatic N) is 9. The van der Waals surface area contributed by atoms with Crippen LogP contribution in [0, 0.1) is 13.8 Å². The van der Waals surface area contributed by atoms with E-state index in [0.717, 1.165) is 46.2 Å². The first-order valence-electron chi connectivity index (χ1n) is 21.8. The lowest BCUT2D eigenvalue weighted by Gasteiger charge is -2.13. The van der Waals surface area contributed by atoms with Crippen molar-refractivity contribution in [2.45, 2.75) is 39.9 Å². The normalized spacial score (nSPS) is 12.1. The Balaban J connectivity index is 0.00000111. The molecule has 2 aromatic heterocycles. The number of hydrogen-bond donors (Lipinski definition) is 7. The molecule has 0 bridgehead atoms. The molecular formula is C42H33N9O26S8. The highest BCUT2D eigenvalue weighted by Gasteiger charge is 2.28. The van der Waals surface area contributed by atoms with Crippen LogP contribution in [-0.4, -0.2) is 134 Å². The Bertz CT molecular complexity index is 4930. The van der Waals surface area contributed by atoms with E-state index in [4.69, 9.17) is 39.6 Å². The number of carbonyl (C=O) groups excluding carboxylic acids is 2. The molecule has 0 saturated heterocycles. The van der Waals surface area contributed by atoms with Crippen molar-refractivity contribution in [2.75, 3.05) is 12.4 Å². The number of phenols is 1. The number of hydrogen-bond acceptors (Lipinski definition) is 30. The van der Waals surface area contributed by atoms with Gasteiger partial charge in [0.25, 0.3) is 50.6 Å². The predicted octanol–water partition coefficient (Wildman–Crippen LogP) is 6.11. The van der Waals surface area contributed by atoms with Gasteiger partial charge >= 0.3 is 27.4 Å². The van der Waals surface area contributed by atoms with E-state index in [1.807, 2.05) is 25.1 Å². The van der Waals surface area contributed by atoms with Gasteiger partial charge in [-0.1, -0.05) is 29.5 Å². The van der Waals surface area contributed by atoms with Gasteiger partial charge in [0.2, 0.25) is 11.0 Å². The summed E-state index contributed by atoms with van der Waals surface area (Å²) in [5.74, 6) is -2.21. The van der Waals surface area contributed by atoms with Gasteiger partial charge in [-0.25, -0.2) is 4.98 Å². The van der Waals surface area contributed by atoms with E-state index in [1.54, 1.807) is 6.92 Å². The third-order valence-corrected chi connectivity index (χ3v) is 15.9. The van der Waals surface area contributed by atoms with E-state index in [9.17, 15) is 75.1 Å². The quantitative estimate of drug-likeness (QED) is 0.0325. The number of phenolic OH excluding ortho intramolecular Hbond substituents is 1. The molecule has 8 rings (SSSR count). The molecule has 0 amide bonds. The molecule has 0 saturated carbocycles. The van der Waals surface area contributed by atoms with Gasteiger partial charge in [0.05, 0.1) is 45.0 Å². The Labute approximate surface area is 483 Å². The molecule has 7 N–H and O–H groups in total.